The molecule has 0 saturated heterocycles. The van der Waals surface area contributed by atoms with Gasteiger partial charge >= 0.3 is 0 Å². The number of unbranched alkanes of at least 4 members (excludes halogenated alkanes) is 1. The Morgan fingerprint density at radius 2 is 2.22 bits per heavy atom. The van der Waals surface area contributed by atoms with Crippen LogP contribution in [0.2, 0.25) is 0 Å². The quantitative estimate of drug-likeness (QED) is 0.641. The largest absolute Gasteiger partial charge is 0.396 e. The molecule has 0 radical (unpaired) electrons. The second kappa shape index (κ2) is 6.01. The van der Waals surface area contributed by atoms with Crippen molar-refractivity contribution in [2.45, 2.75) is 32.6 Å². The highest BCUT2D eigenvalue weighted by atomic mass is 16.2. The van der Waals surface area contributed by atoms with E-state index in [0.717, 1.165) is 44.3 Å². The molecule has 0 saturated carbocycles. The Kier molecular flexibility index (Phi) is 4.37. The molecule has 0 amide bonds. The Hall–Kier alpha value is -1.35. The van der Waals surface area contributed by atoms with Crippen LogP contribution in [-0.4, -0.2) is 30.6 Å². The molecule has 0 aliphatic carbocycles. The van der Waals surface area contributed by atoms with Crippen molar-refractivity contribution in [1.82, 2.24) is 0 Å². The van der Waals surface area contributed by atoms with Crippen molar-refractivity contribution in [3.05, 3.63) is 29.3 Å². The van der Waals surface area contributed by atoms with Gasteiger partial charge in [-0.3, -0.25) is 4.79 Å². The van der Waals surface area contributed by atoms with Gasteiger partial charge < -0.3 is 10.0 Å². The summed E-state index contributed by atoms with van der Waals surface area (Å²) < 4.78 is 0. The zero-order chi connectivity index (χ0) is 13.0. The fourth-order valence-electron chi connectivity index (χ4n) is 2.54. The number of aliphatic hydroxyl groups is 1. The Morgan fingerprint density at radius 1 is 1.39 bits per heavy atom. The molecule has 3 nitrogen and oxygen atoms in total. The Morgan fingerprint density at radius 3 is 2.94 bits per heavy atom. The van der Waals surface area contributed by atoms with Gasteiger partial charge in [-0.15, -0.1) is 0 Å². The molecule has 1 aromatic carbocycles. The van der Waals surface area contributed by atoms with Crippen molar-refractivity contribution < 1.29 is 9.90 Å². The van der Waals surface area contributed by atoms with Crippen LogP contribution in [-0.2, 0) is 6.42 Å². The standard InChI is InChI=1S/C15H21NO2/c1-12(18)13-6-7-15-14(11-13)5-4-9-16(15)8-2-3-10-17/h6-7,11,17H,2-5,8-10H2,1H3. The highest BCUT2D eigenvalue weighted by Gasteiger charge is 2.17. The van der Waals surface area contributed by atoms with Crippen LogP contribution < -0.4 is 4.90 Å². The number of ketones is 1. The van der Waals surface area contributed by atoms with Crippen molar-refractivity contribution in [2.75, 3.05) is 24.6 Å². The lowest BCUT2D eigenvalue weighted by molar-refractivity contribution is 0.101. The van der Waals surface area contributed by atoms with Gasteiger partial charge in [-0.25, -0.2) is 0 Å². The highest BCUT2D eigenvalue weighted by Crippen LogP contribution is 2.28. The molecule has 0 unspecified atom stereocenters. The van der Waals surface area contributed by atoms with E-state index in [-0.39, 0.29) is 12.4 Å². The first-order chi connectivity index (χ1) is 8.72. The number of Topliss-reactive ketones (excluding diaryl/α,β-unsaturated/α-hetero) is 1. The van der Waals surface area contributed by atoms with E-state index in [0.29, 0.717) is 0 Å². The molecule has 1 heterocycles. The van der Waals surface area contributed by atoms with E-state index in [1.807, 2.05) is 12.1 Å². The number of carbonyl (C=O) groups is 1. The minimum absolute atomic E-state index is 0.134. The van der Waals surface area contributed by atoms with Gasteiger partial charge in [-0.05, 0) is 56.4 Å². The van der Waals surface area contributed by atoms with Crippen molar-refractivity contribution in [1.29, 1.82) is 0 Å². The summed E-state index contributed by atoms with van der Waals surface area (Å²) in [7, 11) is 0. The van der Waals surface area contributed by atoms with Crippen molar-refractivity contribution in [3.8, 4) is 0 Å². The molecule has 0 atom stereocenters. The van der Waals surface area contributed by atoms with E-state index in [4.69, 9.17) is 5.11 Å². The number of nitrogens with zero attached hydrogens (tertiary/aromatic N) is 1. The van der Waals surface area contributed by atoms with Crippen LogP contribution in [0.5, 0.6) is 0 Å². The average Bonchev–Trinajstić information content (AvgIpc) is 2.38. The van der Waals surface area contributed by atoms with Gasteiger partial charge in [0.1, 0.15) is 0 Å². The van der Waals surface area contributed by atoms with Gasteiger partial charge in [0.15, 0.2) is 5.78 Å². The fourth-order valence-corrected chi connectivity index (χ4v) is 2.54. The van der Waals surface area contributed by atoms with Gasteiger partial charge in [0.2, 0.25) is 0 Å². The Labute approximate surface area is 108 Å². The molecular formula is C15H21NO2. The fraction of sp³-hybridized carbons (Fsp3) is 0.533. The third kappa shape index (κ3) is 2.91. The van der Waals surface area contributed by atoms with Gasteiger partial charge in [-0.2, -0.15) is 0 Å². The second-order valence-electron chi connectivity index (χ2n) is 4.92. The van der Waals surface area contributed by atoms with Crippen molar-refractivity contribution in [2.24, 2.45) is 0 Å². The van der Waals surface area contributed by atoms with E-state index in [1.165, 1.54) is 11.3 Å². The maximum Gasteiger partial charge on any atom is 0.159 e. The van der Waals surface area contributed by atoms with E-state index in [9.17, 15) is 4.79 Å². The smallest absolute Gasteiger partial charge is 0.159 e. The summed E-state index contributed by atoms with van der Waals surface area (Å²) in [5.74, 6) is 0.134. The zero-order valence-corrected chi connectivity index (χ0v) is 11.0. The van der Waals surface area contributed by atoms with Crippen LogP contribution in [0.3, 0.4) is 0 Å². The van der Waals surface area contributed by atoms with Crippen LogP contribution >= 0.6 is 0 Å². The second-order valence-corrected chi connectivity index (χ2v) is 4.92. The molecule has 0 aromatic heterocycles. The van der Waals surface area contributed by atoms with Crippen LogP contribution in [0.4, 0.5) is 5.69 Å². The van der Waals surface area contributed by atoms with E-state index in [2.05, 4.69) is 11.0 Å². The third-order valence-corrected chi connectivity index (χ3v) is 3.54. The number of rotatable bonds is 5. The van der Waals surface area contributed by atoms with Gasteiger partial charge in [0.05, 0.1) is 0 Å². The average molecular weight is 247 g/mol. The number of aliphatic hydroxyl groups excluding tert-OH is 1. The SMILES string of the molecule is CC(=O)c1ccc2c(c1)CCCN2CCCCO. The number of fused-ring (bicyclic) bond motifs is 1. The maximum absolute atomic E-state index is 11.4. The van der Waals surface area contributed by atoms with Crippen LogP contribution in [0.25, 0.3) is 0 Å². The molecule has 1 N–H and O–H groups in total. The number of benzene rings is 1. The molecule has 0 spiro atoms. The summed E-state index contributed by atoms with van der Waals surface area (Å²) in [6.07, 6.45) is 4.09. The molecule has 1 aromatic rings. The zero-order valence-electron chi connectivity index (χ0n) is 11.0. The van der Waals surface area contributed by atoms with Crippen LogP contribution in [0, 0.1) is 0 Å². The Bertz CT molecular complexity index is 429. The van der Waals surface area contributed by atoms with E-state index >= 15 is 0 Å². The lowest BCUT2D eigenvalue weighted by Gasteiger charge is -2.31. The predicted octanol–water partition coefficient (Wildman–Crippen LogP) is 2.41. The summed E-state index contributed by atoms with van der Waals surface area (Å²) in [5, 5.41) is 8.83. The Balaban J connectivity index is 2.14. The van der Waals surface area contributed by atoms with Crippen LogP contribution in [0.1, 0.15) is 42.1 Å². The van der Waals surface area contributed by atoms with Crippen molar-refractivity contribution >= 4 is 11.5 Å². The highest BCUT2D eigenvalue weighted by molar-refractivity contribution is 5.94. The number of hydrogen-bond donors (Lipinski definition) is 1. The number of aryl methyl sites for hydroxylation is 1. The number of anilines is 1. The van der Waals surface area contributed by atoms with Gasteiger partial charge in [0.25, 0.3) is 0 Å². The monoisotopic (exact) mass is 247 g/mol. The van der Waals surface area contributed by atoms with Crippen LogP contribution in [0.15, 0.2) is 18.2 Å². The van der Waals surface area contributed by atoms with Crippen molar-refractivity contribution in [3.63, 3.8) is 0 Å². The maximum atomic E-state index is 11.4. The summed E-state index contributed by atoms with van der Waals surface area (Å²) in [4.78, 5) is 13.8. The van der Waals surface area contributed by atoms with E-state index < -0.39 is 0 Å². The minimum atomic E-state index is 0.134. The van der Waals surface area contributed by atoms with E-state index in [1.54, 1.807) is 6.92 Å². The molecule has 18 heavy (non-hydrogen) atoms. The number of hydrogen-bond acceptors (Lipinski definition) is 3. The number of carbonyl (C=O) groups excluding carboxylic acids is 1. The topological polar surface area (TPSA) is 40.5 Å². The molecule has 0 bridgehead atoms. The molecule has 3 heteroatoms. The van der Waals surface area contributed by atoms with Gasteiger partial charge in [0, 0.05) is 30.9 Å². The predicted molar refractivity (Wildman–Crippen MR) is 73.3 cm³/mol. The lowest BCUT2D eigenvalue weighted by Crippen LogP contribution is -2.30. The molecule has 1 aliphatic rings. The van der Waals surface area contributed by atoms with Gasteiger partial charge in [-0.1, -0.05) is 0 Å². The first kappa shape index (κ1) is 13.1. The summed E-state index contributed by atoms with van der Waals surface area (Å²) >= 11 is 0. The first-order valence-electron chi connectivity index (χ1n) is 6.72. The molecule has 0 fully saturated rings. The summed E-state index contributed by atoms with van der Waals surface area (Å²) in [6, 6.07) is 6.03. The first-order valence-corrected chi connectivity index (χ1v) is 6.72. The molecule has 98 valence electrons. The normalized spacial score (nSPS) is 14.4. The minimum Gasteiger partial charge on any atom is -0.396 e. The third-order valence-electron chi connectivity index (χ3n) is 3.54. The summed E-state index contributed by atoms with van der Waals surface area (Å²) in [5.41, 5.74) is 3.37. The molecule has 1 aliphatic heterocycles. The molecule has 2 rings (SSSR count). The lowest BCUT2D eigenvalue weighted by atomic mass is 9.98. The molecular weight excluding hydrogens is 226 g/mol. The summed E-state index contributed by atoms with van der Waals surface area (Å²) in [6.45, 7) is 3.96.